The standard InChI is InChI=1S/C23H31N3O3.HI/c1-3-24-23(25-17-22(27)18-9-11-19(28-2)12-10-18)26-15-13-21(14-16-26)29-20-7-5-4-6-8-20;/h4-12,21-22,27H,3,13-17H2,1-2H3,(H,24,25);1H. The highest BCUT2D eigenvalue weighted by molar-refractivity contribution is 14.0. The third-order valence-corrected chi connectivity index (χ3v) is 5.04. The Labute approximate surface area is 196 Å². The third kappa shape index (κ3) is 7.05. The Morgan fingerprint density at radius 2 is 1.77 bits per heavy atom. The van der Waals surface area contributed by atoms with E-state index < -0.39 is 6.10 Å². The smallest absolute Gasteiger partial charge is 0.194 e. The number of aliphatic hydroxyl groups is 1. The molecule has 0 aliphatic carbocycles. The summed E-state index contributed by atoms with van der Waals surface area (Å²) < 4.78 is 11.2. The van der Waals surface area contributed by atoms with E-state index in [-0.39, 0.29) is 30.1 Å². The maximum Gasteiger partial charge on any atom is 0.194 e. The molecule has 1 heterocycles. The monoisotopic (exact) mass is 525 g/mol. The first-order chi connectivity index (χ1) is 14.2. The number of para-hydroxylation sites is 1. The predicted molar refractivity (Wildman–Crippen MR) is 131 cm³/mol. The van der Waals surface area contributed by atoms with E-state index in [0.717, 1.165) is 55.5 Å². The predicted octanol–water partition coefficient (Wildman–Crippen LogP) is 3.86. The molecule has 0 aromatic heterocycles. The van der Waals surface area contributed by atoms with Gasteiger partial charge in [-0.05, 0) is 36.8 Å². The first kappa shape index (κ1) is 24.3. The lowest BCUT2D eigenvalue weighted by Gasteiger charge is -2.34. The molecule has 164 valence electrons. The van der Waals surface area contributed by atoms with Crippen LogP contribution in [-0.2, 0) is 0 Å². The highest BCUT2D eigenvalue weighted by atomic mass is 127. The number of benzene rings is 2. The van der Waals surface area contributed by atoms with Crippen molar-refractivity contribution in [3.05, 3.63) is 60.2 Å². The topological polar surface area (TPSA) is 66.3 Å². The number of ether oxygens (including phenoxy) is 2. The van der Waals surface area contributed by atoms with Gasteiger partial charge in [0.2, 0.25) is 0 Å². The Bertz CT molecular complexity index is 763. The summed E-state index contributed by atoms with van der Waals surface area (Å²) in [5, 5.41) is 13.8. The fourth-order valence-corrected chi connectivity index (χ4v) is 3.41. The van der Waals surface area contributed by atoms with E-state index in [1.165, 1.54) is 0 Å². The molecular formula is C23H32IN3O3. The van der Waals surface area contributed by atoms with Gasteiger partial charge in [-0.2, -0.15) is 0 Å². The number of halogens is 1. The second-order valence-electron chi connectivity index (χ2n) is 7.10. The van der Waals surface area contributed by atoms with Crippen LogP contribution in [0.15, 0.2) is 59.6 Å². The van der Waals surface area contributed by atoms with Gasteiger partial charge in [0.15, 0.2) is 5.96 Å². The summed E-state index contributed by atoms with van der Waals surface area (Å²) in [6.07, 6.45) is 1.47. The van der Waals surface area contributed by atoms with Crippen molar-refractivity contribution in [3.8, 4) is 11.5 Å². The molecule has 0 amide bonds. The molecule has 0 spiro atoms. The first-order valence-electron chi connectivity index (χ1n) is 10.3. The molecule has 1 unspecified atom stereocenters. The van der Waals surface area contributed by atoms with Crippen molar-refractivity contribution in [1.82, 2.24) is 10.2 Å². The summed E-state index contributed by atoms with van der Waals surface area (Å²) >= 11 is 0. The van der Waals surface area contributed by atoms with Crippen molar-refractivity contribution in [2.24, 2.45) is 4.99 Å². The van der Waals surface area contributed by atoms with Crippen molar-refractivity contribution < 1.29 is 14.6 Å². The van der Waals surface area contributed by atoms with Crippen LogP contribution in [0.25, 0.3) is 0 Å². The molecule has 1 atom stereocenters. The molecule has 1 fully saturated rings. The van der Waals surface area contributed by atoms with Crippen LogP contribution in [0.3, 0.4) is 0 Å². The Balaban J connectivity index is 0.00000320. The highest BCUT2D eigenvalue weighted by Crippen LogP contribution is 2.20. The zero-order valence-corrected chi connectivity index (χ0v) is 20.0. The maximum atomic E-state index is 10.5. The molecule has 2 aromatic rings. The van der Waals surface area contributed by atoms with Crippen molar-refractivity contribution in [2.75, 3.05) is 33.3 Å². The minimum absolute atomic E-state index is 0. The second kappa shape index (κ2) is 12.6. The summed E-state index contributed by atoms with van der Waals surface area (Å²) in [7, 11) is 1.63. The second-order valence-corrected chi connectivity index (χ2v) is 7.10. The quantitative estimate of drug-likeness (QED) is 0.327. The van der Waals surface area contributed by atoms with Gasteiger partial charge in [-0.1, -0.05) is 30.3 Å². The van der Waals surface area contributed by atoms with Gasteiger partial charge in [0.25, 0.3) is 0 Å². The zero-order valence-electron chi connectivity index (χ0n) is 17.7. The van der Waals surface area contributed by atoms with Crippen LogP contribution in [0, 0.1) is 0 Å². The molecular weight excluding hydrogens is 493 g/mol. The van der Waals surface area contributed by atoms with Gasteiger partial charge >= 0.3 is 0 Å². The molecule has 0 saturated carbocycles. The fraction of sp³-hybridized carbons (Fsp3) is 0.435. The van der Waals surface area contributed by atoms with Crippen LogP contribution in [0.5, 0.6) is 11.5 Å². The van der Waals surface area contributed by atoms with Gasteiger partial charge in [0, 0.05) is 32.5 Å². The molecule has 2 aromatic carbocycles. The Morgan fingerprint density at radius 1 is 1.10 bits per heavy atom. The number of hydrogen-bond donors (Lipinski definition) is 2. The maximum absolute atomic E-state index is 10.5. The van der Waals surface area contributed by atoms with E-state index in [4.69, 9.17) is 9.47 Å². The SMILES string of the molecule is CCNC(=NCC(O)c1ccc(OC)cc1)N1CCC(Oc2ccccc2)CC1.I. The number of piperidine rings is 1. The van der Waals surface area contributed by atoms with Gasteiger partial charge < -0.3 is 24.8 Å². The highest BCUT2D eigenvalue weighted by Gasteiger charge is 2.23. The van der Waals surface area contributed by atoms with Crippen molar-refractivity contribution in [2.45, 2.75) is 32.0 Å². The lowest BCUT2D eigenvalue weighted by atomic mass is 10.1. The molecule has 7 heteroatoms. The van der Waals surface area contributed by atoms with E-state index in [2.05, 4.69) is 22.1 Å². The van der Waals surface area contributed by atoms with Crippen LogP contribution >= 0.6 is 24.0 Å². The van der Waals surface area contributed by atoms with Gasteiger partial charge in [-0.15, -0.1) is 24.0 Å². The van der Waals surface area contributed by atoms with Gasteiger partial charge in [-0.25, -0.2) is 0 Å². The van der Waals surface area contributed by atoms with Crippen molar-refractivity contribution in [1.29, 1.82) is 0 Å². The fourth-order valence-electron chi connectivity index (χ4n) is 3.41. The van der Waals surface area contributed by atoms with Crippen LogP contribution in [0.2, 0.25) is 0 Å². The van der Waals surface area contributed by atoms with Gasteiger partial charge in [-0.3, -0.25) is 4.99 Å². The average molecular weight is 525 g/mol. The van der Waals surface area contributed by atoms with E-state index in [1.807, 2.05) is 54.6 Å². The third-order valence-electron chi connectivity index (χ3n) is 5.04. The lowest BCUT2D eigenvalue weighted by Crippen LogP contribution is -2.47. The number of aliphatic hydroxyl groups excluding tert-OH is 1. The number of rotatable bonds is 7. The molecule has 0 radical (unpaired) electrons. The van der Waals surface area contributed by atoms with E-state index in [1.54, 1.807) is 7.11 Å². The summed E-state index contributed by atoms with van der Waals surface area (Å²) in [5.74, 6) is 2.55. The van der Waals surface area contributed by atoms with E-state index in [9.17, 15) is 5.11 Å². The van der Waals surface area contributed by atoms with Crippen LogP contribution < -0.4 is 14.8 Å². The number of aliphatic imine (C=N–C) groups is 1. The minimum Gasteiger partial charge on any atom is -0.497 e. The normalized spacial score (nSPS) is 15.8. The van der Waals surface area contributed by atoms with E-state index >= 15 is 0 Å². The zero-order chi connectivity index (χ0) is 20.5. The Kier molecular flexibility index (Phi) is 10.2. The van der Waals surface area contributed by atoms with Crippen molar-refractivity contribution in [3.63, 3.8) is 0 Å². The lowest BCUT2D eigenvalue weighted by molar-refractivity contribution is 0.129. The van der Waals surface area contributed by atoms with Gasteiger partial charge in [0.1, 0.15) is 17.6 Å². The number of guanidine groups is 1. The number of nitrogens with zero attached hydrogens (tertiary/aromatic N) is 2. The number of nitrogens with one attached hydrogen (secondary N) is 1. The van der Waals surface area contributed by atoms with E-state index in [0.29, 0.717) is 6.54 Å². The van der Waals surface area contributed by atoms with Crippen LogP contribution in [0.1, 0.15) is 31.4 Å². The average Bonchev–Trinajstić information content (AvgIpc) is 2.78. The summed E-state index contributed by atoms with van der Waals surface area (Å²) in [5.41, 5.74) is 0.834. The Hall–Kier alpha value is -2.00. The Morgan fingerprint density at radius 3 is 2.37 bits per heavy atom. The van der Waals surface area contributed by atoms with Gasteiger partial charge in [0.05, 0.1) is 19.8 Å². The first-order valence-corrected chi connectivity index (χ1v) is 10.3. The summed E-state index contributed by atoms with van der Waals surface area (Å²) in [6, 6.07) is 17.4. The number of likely N-dealkylation sites (tertiary alicyclic amines) is 1. The largest absolute Gasteiger partial charge is 0.497 e. The summed E-state index contributed by atoms with van der Waals surface area (Å²) in [6.45, 7) is 4.91. The molecule has 3 rings (SSSR count). The van der Waals surface area contributed by atoms with Crippen LogP contribution in [0.4, 0.5) is 0 Å². The summed E-state index contributed by atoms with van der Waals surface area (Å²) in [4.78, 5) is 6.92. The van der Waals surface area contributed by atoms with Crippen molar-refractivity contribution >= 4 is 29.9 Å². The number of methoxy groups -OCH3 is 1. The molecule has 2 N–H and O–H groups in total. The molecule has 1 aliphatic rings. The molecule has 1 aliphatic heterocycles. The molecule has 1 saturated heterocycles. The molecule has 6 nitrogen and oxygen atoms in total. The minimum atomic E-state index is -0.645. The molecule has 0 bridgehead atoms. The van der Waals surface area contributed by atoms with Crippen LogP contribution in [-0.4, -0.2) is 55.4 Å². The number of hydrogen-bond acceptors (Lipinski definition) is 4. The molecule has 30 heavy (non-hydrogen) atoms.